The Hall–Kier alpha value is -2.08. The summed E-state index contributed by atoms with van der Waals surface area (Å²) in [6, 6.07) is 5.79. The number of nitrogens with one attached hydrogen (secondary N) is 2. The average molecular weight is 501 g/mol. The first-order valence-corrected chi connectivity index (χ1v) is 14.6. The van der Waals surface area contributed by atoms with Gasteiger partial charge in [-0.3, -0.25) is 9.59 Å². The third-order valence-corrected chi connectivity index (χ3v) is 7.05. The Bertz CT molecular complexity index is 759. The minimum absolute atomic E-state index is 0.0391. The molecule has 0 saturated carbocycles. The standard InChI is InChI=1S/C30H52N4O2/c1-4-5-6-7-8-9-10-11-12-13-14-18-29(35)32-26-19-20-28(34-23-15-16-24-34)27(25-26)30(36)31-21-17-22-33(2)3/h19-20,25H,4-18,21-24H2,1-3H3,(H,31,36)(H,32,35). The Morgan fingerprint density at radius 3 is 2.08 bits per heavy atom. The highest BCUT2D eigenvalue weighted by molar-refractivity contribution is 6.02. The Labute approximate surface area is 220 Å². The number of carbonyl (C=O) groups is 2. The van der Waals surface area contributed by atoms with Crippen LogP contribution >= 0.6 is 0 Å². The van der Waals surface area contributed by atoms with Gasteiger partial charge in [0.15, 0.2) is 0 Å². The zero-order valence-electron chi connectivity index (χ0n) is 23.4. The largest absolute Gasteiger partial charge is 0.371 e. The van der Waals surface area contributed by atoms with Gasteiger partial charge in [-0.05, 0) is 64.5 Å². The van der Waals surface area contributed by atoms with Crippen LogP contribution in [0.4, 0.5) is 11.4 Å². The lowest BCUT2D eigenvalue weighted by molar-refractivity contribution is -0.116. The summed E-state index contributed by atoms with van der Waals surface area (Å²) in [6.45, 7) is 5.80. The summed E-state index contributed by atoms with van der Waals surface area (Å²) in [5.74, 6) is -0.0192. The highest BCUT2D eigenvalue weighted by Gasteiger charge is 2.20. The SMILES string of the molecule is CCCCCCCCCCCCCC(=O)Nc1ccc(N2CCCC2)c(C(=O)NCCCN(C)C)c1. The summed E-state index contributed by atoms with van der Waals surface area (Å²) in [5, 5.41) is 6.10. The van der Waals surface area contributed by atoms with Gasteiger partial charge >= 0.3 is 0 Å². The third-order valence-electron chi connectivity index (χ3n) is 7.05. The maximum absolute atomic E-state index is 13.0. The van der Waals surface area contributed by atoms with Crippen molar-refractivity contribution in [2.24, 2.45) is 0 Å². The minimum Gasteiger partial charge on any atom is -0.371 e. The second-order valence-corrected chi connectivity index (χ2v) is 10.7. The van der Waals surface area contributed by atoms with E-state index in [1.54, 1.807) is 0 Å². The molecule has 36 heavy (non-hydrogen) atoms. The summed E-state index contributed by atoms with van der Waals surface area (Å²) < 4.78 is 0. The van der Waals surface area contributed by atoms with Crippen molar-refractivity contribution in [2.75, 3.05) is 50.5 Å². The molecule has 1 aliphatic rings. The minimum atomic E-state index is -0.0582. The first kappa shape index (κ1) is 30.1. The number of benzene rings is 1. The molecular formula is C30H52N4O2. The van der Waals surface area contributed by atoms with Gasteiger partial charge < -0.3 is 20.4 Å². The molecule has 204 valence electrons. The summed E-state index contributed by atoms with van der Waals surface area (Å²) >= 11 is 0. The van der Waals surface area contributed by atoms with Crippen LogP contribution in [0.15, 0.2) is 18.2 Å². The third kappa shape index (κ3) is 12.2. The molecule has 2 amide bonds. The molecule has 6 heteroatoms. The number of rotatable bonds is 19. The number of unbranched alkanes of at least 4 members (excludes halogenated alkanes) is 10. The molecule has 0 spiro atoms. The van der Waals surface area contributed by atoms with Crippen LogP contribution in [0.2, 0.25) is 0 Å². The molecule has 0 aromatic heterocycles. The summed E-state index contributed by atoms with van der Waals surface area (Å²) in [7, 11) is 4.08. The Kier molecular flexibility index (Phi) is 15.2. The maximum atomic E-state index is 13.0. The van der Waals surface area contributed by atoms with E-state index in [1.807, 2.05) is 32.3 Å². The van der Waals surface area contributed by atoms with Crippen molar-refractivity contribution in [3.8, 4) is 0 Å². The fourth-order valence-corrected chi connectivity index (χ4v) is 4.90. The van der Waals surface area contributed by atoms with Crippen molar-refractivity contribution in [1.29, 1.82) is 0 Å². The lowest BCUT2D eigenvalue weighted by Gasteiger charge is -2.22. The molecule has 0 radical (unpaired) electrons. The van der Waals surface area contributed by atoms with Gasteiger partial charge in [0.05, 0.1) is 5.56 Å². The summed E-state index contributed by atoms with van der Waals surface area (Å²) in [4.78, 5) is 30.0. The van der Waals surface area contributed by atoms with E-state index in [0.29, 0.717) is 24.2 Å². The van der Waals surface area contributed by atoms with Crippen molar-refractivity contribution in [3.63, 3.8) is 0 Å². The van der Waals surface area contributed by atoms with Crippen LogP contribution in [0.5, 0.6) is 0 Å². The molecule has 1 fully saturated rings. The molecule has 1 aromatic carbocycles. The highest BCUT2D eigenvalue weighted by atomic mass is 16.2. The molecule has 6 nitrogen and oxygen atoms in total. The lowest BCUT2D eigenvalue weighted by atomic mass is 10.1. The fraction of sp³-hybridized carbons (Fsp3) is 0.733. The highest BCUT2D eigenvalue weighted by Crippen LogP contribution is 2.28. The summed E-state index contributed by atoms with van der Waals surface area (Å²) in [5.41, 5.74) is 2.35. The quantitative estimate of drug-likeness (QED) is 0.210. The van der Waals surface area contributed by atoms with Crippen molar-refractivity contribution in [3.05, 3.63) is 23.8 Å². The summed E-state index contributed by atoms with van der Waals surface area (Å²) in [6.07, 6.45) is 17.8. The van der Waals surface area contributed by atoms with E-state index in [9.17, 15) is 9.59 Å². The topological polar surface area (TPSA) is 64.7 Å². The van der Waals surface area contributed by atoms with E-state index in [1.165, 1.54) is 57.8 Å². The van der Waals surface area contributed by atoms with Crippen LogP contribution in [-0.2, 0) is 4.79 Å². The first-order chi connectivity index (χ1) is 17.5. The zero-order chi connectivity index (χ0) is 26.0. The number of anilines is 2. The van der Waals surface area contributed by atoms with Gasteiger partial charge in [0.25, 0.3) is 5.91 Å². The van der Waals surface area contributed by atoms with E-state index in [2.05, 4.69) is 27.4 Å². The molecule has 2 N–H and O–H groups in total. The number of hydrogen-bond acceptors (Lipinski definition) is 4. The number of hydrogen-bond donors (Lipinski definition) is 2. The van der Waals surface area contributed by atoms with Crippen LogP contribution in [0.1, 0.15) is 114 Å². The molecule has 0 bridgehead atoms. The molecule has 1 heterocycles. The predicted molar refractivity (Wildman–Crippen MR) is 153 cm³/mol. The van der Waals surface area contributed by atoms with Gasteiger partial charge in [-0.15, -0.1) is 0 Å². The monoisotopic (exact) mass is 500 g/mol. The van der Waals surface area contributed by atoms with Gasteiger partial charge in [-0.25, -0.2) is 0 Å². The molecule has 1 saturated heterocycles. The van der Waals surface area contributed by atoms with Crippen molar-refractivity contribution in [1.82, 2.24) is 10.2 Å². The smallest absolute Gasteiger partial charge is 0.253 e. The van der Waals surface area contributed by atoms with E-state index in [-0.39, 0.29) is 11.8 Å². The number of amides is 2. The second kappa shape index (κ2) is 18.2. The number of nitrogens with zero attached hydrogens (tertiary/aromatic N) is 2. The van der Waals surface area contributed by atoms with Gasteiger partial charge in [-0.2, -0.15) is 0 Å². The van der Waals surface area contributed by atoms with Crippen LogP contribution in [0, 0.1) is 0 Å². The van der Waals surface area contributed by atoms with Crippen molar-refractivity contribution < 1.29 is 9.59 Å². The molecule has 0 atom stereocenters. The van der Waals surface area contributed by atoms with Crippen LogP contribution < -0.4 is 15.5 Å². The number of carbonyl (C=O) groups excluding carboxylic acids is 2. The first-order valence-electron chi connectivity index (χ1n) is 14.6. The van der Waals surface area contributed by atoms with Crippen LogP contribution in [0.3, 0.4) is 0 Å². The van der Waals surface area contributed by atoms with Crippen LogP contribution in [0.25, 0.3) is 0 Å². The molecule has 1 aliphatic heterocycles. The molecule has 0 unspecified atom stereocenters. The van der Waals surface area contributed by atoms with Gasteiger partial charge in [0.2, 0.25) is 5.91 Å². The zero-order valence-corrected chi connectivity index (χ0v) is 23.4. The molecule has 0 aliphatic carbocycles. The Balaban J connectivity index is 1.75. The Morgan fingerprint density at radius 2 is 1.47 bits per heavy atom. The molecular weight excluding hydrogens is 448 g/mol. The Morgan fingerprint density at radius 1 is 0.861 bits per heavy atom. The van der Waals surface area contributed by atoms with E-state index in [4.69, 9.17) is 0 Å². The second-order valence-electron chi connectivity index (χ2n) is 10.7. The van der Waals surface area contributed by atoms with Gasteiger partial charge in [-0.1, -0.05) is 71.1 Å². The van der Waals surface area contributed by atoms with Crippen molar-refractivity contribution in [2.45, 2.75) is 103 Å². The van der Waals surface area contributed by atoms with E-state index >= 15 is 0 Å². The van der Waals surface area contributed by atoms with E-state index in [0.717, 1.165) is 57.4 Å². The predicted octanol–water partition coefficient (Wildman–Crippen LogP) is 6.61. The lowest BCUT2D eigenvalue weighted by Crippen LogP contribution is -2.29. The van der Waals surface area contributed by atoms with Gasteiger partial charge in [0, 0.05) is 37.4 Å². The average Bonchev–Trinajstić information content (AvgIpc) is 3.40. The van der Waals surface area contributed by atoms with Crippen LogP contribution in [-0.4, -0.2) is 57.0 Å². The molecule has 1 aromatic rings. The van der Waals surface area contributed by atoms with E-state index < -0.39 is 0 Å². The molecule has 2 rings (SSSR count). The fourth-order valence-electron chi connectivity index (χ4n) is 4.90. The normalized spacial score (nSPS) is 13.4. The maximum Gasteiger partial charge on any atom is 0.253 e. The van der Waals surface area contributed by atoms with Gasteiger partial charge in [0.1, 0.15) is 0 Å². The van der Waals surface area contributed by atoms with Crippen molar-refractivity contribution >= 4 is 23.2 Å².